The lowest BCUT2D eigenvalue weighted by molar-refractivity contribution is 0.104. The Morgan fingerprint density at radius 3 is 2.52 bits per heavy atom. The summed E-state index contributed by atoms with van der Waals surface area (Å²) < 4.78 is 8.83. The molecular formula is C31H45N7OS. The fraction of sp³-hybridized carbons (Fsp3) is 0.548. The van der Waals surface area contributed by atoms with Crippen molar-refractivity contribution in [3.05, 3.63) is 52.7 Å². The summed E-state index contributed by atoms with van der Waals surface area (Å²) in [6, 6.07) is 11.2. The summed E-state index contributed by atoms with van der Waals surface area (Å²) >= 11 is 1.73. The van der Waals surface area contributed by atoms with E-state index in [9.17, 15) is 0 Å². The summed E-state index contributed by atoms with van der Waals surface area (Å²) in [5, 5.41) is 2.10. The summed E-state index contributed by atoms with van der Waals surface area (Å²) in [5.41, 5.74) is 12.0. The highest BCUT2D eigenvalue weighted by Gasteiger charge is 2.20. The number of benzene rings is 1. The SMILES string of the molecule is CCCCc1nc2c(N)nc3ccsc3c2n1Cc1cccc(CN2CCN(CCN(CC)CCOC)CC2)c1. The smallest absolute Gasteiger partial charge is 0.152 e. The maximum absolute atomic E-state index is 6.39. The van der Waals surface area contributed by atoms with Gasteiger partial charge in [-0.25, -0.2) is 9.97 Å². The van der Waals surface area contributed by atoms with Crippen LogP contribution in [0.5, 0.6) is 0 Å². The van der Waals surface area contributed by atoms with Crippen LogP contribution in [0, 0.1) is 0 Å². The molecule has 4 heterocycles. The van der Waals surface area contributed by atoms with Crippen molar-refractivity contribution in [2.24, 2.45) is 0 Å². The van der Waals surface area contributed by atoms with Crippen molar-refractivity contribution in [2.75, 3.05) is 71.8 Å². The molecule has 1 aromatic carbocycles. The van der Waals surface area contributed by atoms with Crippen LogP contribution < -0.4 is 5.73 Å². The highest BCUT2D eigenvalue weighted by molar-refractivity contribution is 7.18. The van der Waals surface area contributed by atoms with Crippen molar-refractivity contribution >= 4 is 38.4 Å². The van der Waals surface area contributed by atoms with Gasteiger partial charge in [0.1, 0.15) is 11.3 Å². The molecule has 1 aliphatic heterocycles. The first-order valence-electron chi connectivity index (χ1n) is 14.8. The Kier molecular flexibility index (Phi) is 10.0. The molecule has 3 aromatic heterocycles. The number of nitrogens with zero attached hydrogens (tertiary/aromatic N) is 6. The summed E-state index contributed by atoms with van der Waals surface area (Å²) in [6.45, 7) is 15.9. The number of rotatable bonds is 14. The highest BCUT2D eigenvalue weighted by atomic mass is 32.1. The van der Waals surface area contributed by atoms with Crippen LogP contribution in [0.4, 0.5) is 5.82 Å². The molecule has 1 saturated heterocycles. The number of hydrogen-bond acceptors (Lipinski definition) is 8. The van der Waals surface area contributed by atoms with Gasteiger partial charge in [0.25, 0.3) is 0 Å². The Bertz CT molecular complexity index is 1380. The zero-order valence-corrected chi connectivity index (χ0v) is 25.3. The molecule has 5 rings (SSSR count). The number of nitrogens with two attached hydrogens (primary N) is 1. The van der Waals surface area contributed by atoms with Crippen molar-refractivity contribution in [1.29, 1.82) is 0 Å². The number of imidazole rings is 1. The topological polar surface area (TPSA) is 75.7 Å². The van der Waals surface area contributed by atoms with Crippen molar-refractivity contribution in [2.45, 2.75) is 46.2 Å². The van der Waals surface area contributed by atoms with Crippen molar-refractivity contribution in [3.63, 3.8) is 0 Å². The standard InChI is InChI=1S/C31H45N7OS/c1-4-6-10-27-34-28-29(30-26(11-20-40-30)33-31(28)32)38(27)23-25-9-7-8-24(21-25)22-37-16-14-36(15-17-37)13-12-35(5-2)18-19-39-3/h7-9,11,20-21H,4-6,10,12-19,22-23H2,1-3H3,(H2,32,33). The molecule has 2 N–H and O–H groups in total. The number of thiophene rings is 1. The normalized spacial score (nSPS) is 15.2. The number of aryl methyl sites for hydroxylation is 1. The summed E-state index contributed by atoms with van der Waals surface area (Å²) in [6.07, 6.45) is 3.20. The molecule has 40 heavy (non-hydrogen) atoms. The molecular weight excluding hydrogens is 518 g/mol. The van der Waals surface area contributed by atoms with E-state index < -0.39 is 0 Å². The molecule has 1 aliphatic rings. The van der Waals surface area contributed by atoms with Gasteiger partial charge in [0.2, 0.25) is 0 Å². The Balaban J connectivity index is 1.25. The molecule has 0 spiro atoms. The summed E-state index contributed by atoms with van der Waals surface area (Å²) in [4.78, 5) is 17.3. The zero-order valence-electron chi connectivity index (χ0n) is 24.4. The van der Waals surface area contributed by atoms with Gasteiger partial charge >= 0.3 is 0 Å². The zero-order chi connectivity index (χ0) is 27.9. The number of piperazine rings is 1. The number of anilines is 1. The van der Waals surface area contributed by atoms with E-state index in [1.54, 1.807) is 18.4 Å². The van der Waals surface area contributed by atoms with Gasteiger partial charge in [0.15, 0.2) is 5.82 Å². The van der Waals surface area contributed by atoms with Gasteiger partial charge in [-0.2, -0.15) is 0 Å². The summed E-state index contributed by atoms with van der Waals surface area (Å²) in [7, 11) is 1.78. The minimum Gasteiger partial charge on any atom is -0.383 e. The largest absolute Gasteiger partial charge is 0.383 e. The first-order chi connectivity index (χ1) is 19.6. The number of pyridine rings is 1. The molecule has 9 heteroatoms. The third-order valence-electron chi connectivity index (χ3n) is 8.14. The number of unbranched alkanes of at least 4 members (excludes halogenated alkanes) is 1. The van der Waals surface area contributed by atoms with Gasteiger partial charge in [-0.3, -0.25) is 9.80 Å². The Morgan fingerprint density at radius 1 is 1.00 bits per heavy atom. The fourth-order valence-corrected chi connectivity index (χ4v) is 6.61. The van der Waals surface area contributed by atoms with E-state index in [2.05, 4.69) is 73.8 Å². The lowest BCUT2D eigenvalue weighted by Crippen LogP contribution is -2.48. The van der Waals surface area contributed by atoms with Gasteiger partial charge in [0, 0.05) is 72.4 Å². The molecule has 216 valence electrons. The molecule has 0 unspecified atom stereocenters. The Morgan fingerprint density at radius 2 is 1.77 bits per heavy atom. The van der Waals surface area contributed by atoms with E-state index in [-0.39, 0.29) is 0 Å². The van der Waals surface area contributed by atoms with Crippen LogP contribution in [-0.2, 0) is 24.2 Å². The molecule has 0 bridgehead atoms. The van der Waals surface area contributed by atoms with Crippen LogP contribution in [0.15, 0.2) is 35.7 Å². The van der Waals surface area contributed by atoms with E-state index in [1.165, 1.54) is 15.8 Å². The second kappa shape index (κ2) is 13.9. The summed E-state index contributed by atoms with van der Waals surface area (Å²) in [5.74, 6) is 1.64. The average Bonchev–Trinajstić information content (AvgIpc) is 3.58. The van der Waals surface area contributed by atoms with Gasteiger partial charge in [-0.15, -0.1) is 11.3 Å². The van der Waals surface area contributed by atoms with Crippen LogP contribution in [0.1, 0.15) is 43.6 Å². The van der Waals surface area contributed by atoms with E-state index >= 15 is 0 Å². The minimum absolute atomic E-state index is 0.530. The first-order valence-corrected chi connectivity index (χ1v) is 15.7. The van der Waals surface area contributed by atoms with Gasteiger partial charge in [0.05, 0.1) is 22.3 Å². The number of ether oxygens (including phenoxy) is 1. The lowest BCUT2D eigenvalue weighted by atomic mass is 10.1. The number of nitrogen functional groups attached to an aromatic ring is 1. The average molecular weight is 564 g/mol. The van der Waals surface area contributed by atoms with Crippen LogP contribution in [0.2, 0.25) is 0 Å². The van der Waals surface area contributed by atoms with E-state index in [0.717, 1.165) is 114 Å². The predicted octanol–water partition coefficient (Wildman–Crippen LogP) is 4.71. The van der Waals surface area contributed by atoms with Crippen molar-refractivity contribution < 1.29 is 4.74 Å². The third kappa shape index (κ3) is 6.83. The molecule has 0 amide bonds. The van der Waals surface area contributed by atoms with Gasteiger partial charge in [-0.1, -0.05) is 44.5 Å². The maximum Gasteiger partial charge on any atom is 0.152 e. The maximum atomic E-state index is 6.39. The number of methoxy groups -OCH3 is 1. The monoisotopic (exact) mass is 563 g/mol. The highest BCUT2D eigenvalue weighted by Crippen LogP contribution is 2.33. The fourth-order valence-electron chi connectivity index (χ4n) is 5.72. The second-order valence-corrected chi connectivity index (χ2v) is 11.8. The molecule has 0 aliphatic carbocycles. The quantitative estimate of drug-likeness (QED) is 0.238. The van der Waals surface area contributed by atoms with Crippen molar-refractivity contribution in [3.8, 4) is 0 Å². The van der Waals surface area contributed by atoms with Crippen molar-refractivity contribution in [1.82, 2.24) is 29.2 Å². The van der Waals surface area contributed by atoms with E-state index in [4.69, 9.17) is 15.5 Å². The van der Waals surface area contributed by atoms with Crippen LogP contribution in [0.25, 0.3) is 21.3 Å². The van der Waals surface area contributed by atoms with Gasteiger partial charge < -0.3 is 19.9 Å². The molecule has 0 saturated carbocycles. The molecule has 4 aromatic rings. The van der Waals surface area contributed by atoms with Gasteiger partial charge in [-0.05, 0) is 35.5 Å². The van der Waals surface area contributed by atoms with Crippen LogP contribution in [0.3, 0.4) is 0 Å². The number of fused-ring (bicyclic) bond motifs is 3. The molecule has 0 radical (unpaired) electrons. The van der Waals surface area contributed by atoms with Crippen LogP contribution in [-0.4, -0.2) is 95.3 Å². The molecule has 1 fully saturated rings. The number of aromatic nitrogens is 3. The number of likely N-dealkylation sites (N-methyl/N-ethyl adjacent to an activating group) is 1. The predicted molar refractivity (Wildman–Crippen MR) is 167 cm³/mol. The lowest BCUT2D eigenvalue weighted by Gasteiger charge is -2.35. The first kappa shape index (κ1) is 29.0. The third-order valence-corrected chi connectivity index (χ3v) is 9.05. The van der Waals surface area contributed by atoms with E-state index in [1.807, 2.05) is 0 Å². The van der Waals surface area contributed by atoms with E-state index in [0.29, 0.717) is 5.82 Å². The van der Waals surface area contributed by atoms with Crippen LogP contribution >= 0.6 is 11.3 Å². The molecule has 0 atom stereocenters. The Hall–Kier alpha value is -2.56. The number of hydrogen-bond donors (Lipinski definition) is 1. The molecule has 8 nitrogen and oxygen atoms in total. The Labute approximate surface area is 242 Å². The minimum atomic E-state index is 0.530. The second-order valence-electron chi connectivity index (χ2n) is 10.9.